The number of nitrogens with zero attached hydrogens (tertiary/aromatic N) is 3. The number of nitrogens with one attached hydrogen (secondary N) is 2. The maximum atomic E-state index is 13.4. The molecule has 4 aliphatic heterocycles. The Labute approximate surface area is 186 Å². The second-order valence-corrected chi connectivity index (χ2v) is 10.5. The number of rotatable bonds is 2. The van der Waals surface area contributed by atoms with E-state index in [1.54, 1.807) is 6.92 Å². The maximum Gasteiger partial charge on any atom is 0.252 e. The summed E-state index contributed by atoms with van der Waals surface area (Å²) < 4.78 is 5.77. The third-order valence-corrected chi connectivity index (χ3v) is 8.65. The summed E-state index contributed by atoms with van der Waals surface area (Å²) in [5.41, 5.74) is 6.79. The van der Waals surface area contributed by atoms with Crippen LogP contribution in [-0.4, -0.2) is 82.8 Å². The molecule has 174 valence electrons. The molecule has 5 fully saturated rings. The molecule has 0 aromatic heterocycles. The van der Waals surface area contributed by atoms with E-state index in [1.807, 2.05) is 0 Å². The minimum absolute atomic E-state index is 0.0682. The van der Waals surface area contributed by atoms with Crippen LogP contribution in [0.25, 0.3) is 0 Å². The molecule has 8 heteroatoms. The Morgan fingerprint density at radius 1 is 0.935 bits per heavy atom. The summed E-state index contributed by atoms with van der Waals surface area (Å²) in [5, 5.41) is 0. The molecule has 0 aromatic rings. The van der Waals surface area contributed by atoms with Gasteiger partial charge in [-0.3, -0.25) is 14.5 Å². The lowest BCUT2D eigenvalue weighted by Gasteiger charge is -2.55. The van der Waals surface area contributed by atoms with E-state index in [-0.39, 0.29) is 36.0 Å². The van der Waals surface area contributed by atoms with Crippen molar-refractivity contribution < 1.29 is 14.3 Å². The molecular formula is C23H39N5O3. The summed E-state index contributed by atoms with van der Waals surface area (Å²) in [6, 6.07) is 0.340. The quantitative estimate of drug-likeness (QED) is 0.683. The van der Waals surface area contributed by atoms with Gasteiger partial charge < -0.3 is 14.5 Å². The van der Waals surface area contributed by atoms with Crippen LogP contribution in [0.5, 0.6) is 0 Å². The van der Waals surface area contributed by atoms with Gasteiger partial charge in [-0.2, -0.15) is 0 Å². The molecule has 8 nitrogen and oxygen atoms in total. The van der Waals surface area contributed by atoms with Crippen molar-refractivity contribution in [2.45, 2.75) is 102 Å². The van der Waals surface area contributed by atoms with Gasteiger partial charge in [-0.25, -0.2) is 10.9 Å². The highest BCUT2D eigenvalue weighted by molar-refractivity contribution is 5.82. The van der Waals surface area contributed by atoms with Crippen LogP contribution in [0.2, 0.25) is 0 Å². The molecule has 5 rings (SSSR count). The molecule has 0 aromatic carbocycles. The predicted molar refractivity (Wildman–Crippen MR) is 117 cm³/mol. The number of fused-ring (bicyclic) bond motifs is 2. The van der Waals surface area contributed by atoms with Gasteiger partial charge in [0.05, 0.1) is 24.4 Å². The van der Waals surface area contributed by atoms with E-state index in [0.29, 0.717) is 37.3 Å². The van der Waals surface area contributed by atoms with Crippen molar-refractivity contribution in [3.8, 4) is 0 Å². The molecule has 0 radical (unpaired) electrons. The number of piperazine rings is 1. The van der Waals surface area contributed by atoms with Crippen molar-refractivity contribution in [1.82, 2.24) is 25.6 Å². The van der Waals surface area contributed by atoms with E-state index in [2.05, 4.69) is 39.4 Å². The topological polar surface area (TPSA) is 77.2 Å². The van der Waals surface area contributed by atoms with E-state index < -0.39 is 0 Å². The van der Waals surface area contributed by atoms with Gasteiger partial charge in [-0.05, 0) is 70.6 Å². The van der Waals surface area contributed by atoms with E-state index in [9.17, 15) is 9.59 Å². The van der Waals surface area contributed by atoms with Crippen LogP contribution in [0.1, 0.15) is 65.7 Å². The molecule has 0 bridgehead atoms. The van der Waals surface area contributed by atoms with Crippen molar-refractivity contribution >= 4 is 11.8 Å². The predicted octanol–water partition coefficient (Wildman–Crippen LogP) is 1.27. The highest BCUT2D eigenvalue weighted by atomic mass is 16.5. The monoisotopic (exact) mass is 433 g/mol. The first-order valence-electron chi connectivity index (χ1n) is 12.4. The van der Waals surface area contributed by atoms with Crippen LogP contribution >= 0.6 is 0 Å². The minimum atomic E-state index is -0.282. The average Bonchev–Trinajstić information content (AvgIpc) is 3.42. The lowest BCUT2D eigenvalue weighted by Crippen LogP contribution is -2.68. The Morgan fingerprint density at radius 2 is 1.74 bits per heavy atom. The van der Waals surface area contributed by atoms with Gasteiger partial charge in [0.15, 0.2) is 0 Å². The van der Waals surface area contributed by atoms with E-state index in [0.717, 1.165) is 38.6 Å². The largest absolute Gasteiger partial charge is 0.368 e. The lowest BCUT2D eigenvalue weighted by atomic mass is 9.71. The van der Waals surface area contributed by atoms with Crippen molar-refractivity contribution in [2.75, 3.05) is 19.7 Å². The molecule has 4 heterocycles. The van der Waals surface area contributed by atoms with Gasteiger partial charge in [-0.1, -0.05) is 0 Å². The third kappa shape index (κ3) is 3.90. The van der Waals surface area contributed by atoms with Crippen LogP contribution in [0.15, 0.2) is 0 Å². The Kier molecular flexibility index (Phi) is 6.01. The van der Waals surface area contributed by atoms with Crippen molar-refractivity contribution in [3.05, 3.63) is 0 Å². The summed E-state index contributed by atoms with van der Waals surface area (Å²) in [6.07, 6.45) is 7.90. The molecule has 31 heavy (non-hydrogen) atoms. The molecule has 8 atom stereocenters. The van der Waals surface area contributed by atoms with Crippen LogP contribution < -0.4 is 10.9 Å². The normalized spacial score (nSPS) is 43.6. The van der Waals surface area contributed by atoms with Crippen molar-refractivity contribution in [1.29, 1.82) is 0 Å². The SMILES string of the molecule is CC(=O)N1C2CCC(C3CCC4NNC(C)N4C3)CC2N(C(=O)C2CCCO2)C[C@@H]1C. The fourth-order valence-electron chi connectivity index (χ4n) is 7.13. The number of carbonyl (C=O) groups excluding carboxylic acids is 2. The second kappa shape index (κ2) is 8.61. The first-order chi connectivity index (χ1) is 14.9. The van der Waals surface area contributed by atoms with Gasteiger partial charge in [0.25, 0.3) is 5.91 Å². The molecule has 2 N–H and O–H groups in total. The first kappa shape index (κ1) is 21.6. The number of hydrogen-bond donors (Lipinski definition) is 2. The van der Waals surface area contributed by atoms with Crippen LogP contribution in [-0.2, 0) is 14.3 Å². The van der Waals surface area contributed by atoms with Crippen LogP contribution in [0, 0.1) is 11.8 Å². The van der Waals surface area contributed by atoms with Crippen LogP contribution in [0.3, 0.4) is 0 Å². The van der Waals surface area contributed by atoms with Gasteiger partial charge in [0.1, 0.15) is 6.10 Å². The van der Waals surface area contributed by atoms with Crippen molar-refractivity contribution in [3.63, 3.8) is 0 Å². The molecule has 0 spiro atoms. The van der Waals surface area contributed by atoms with Gasteiger partial charge >= 0.3 is 0 Å². The van der Waals surface area contributed by atoms with Gasteiger partial charge in [-0.15, -0.1) is 0 Å². The smallest absolute Gasteiger partial charge is 0.252 e. The zero-order valence-electron chi connectivity index (χ0n) is 19.3. The van der Waals surface area contributed by atoms with E-state index >= 15 is 0 Å². The molecule has 4 saturated heterocycles. The summed E-state index contributed by atoms with van der Waals surface area (Å²) in [5.74, 6) is 1.57. The highest BCUT2D eigenvalue weighted by Gasteiger charge is 2.49. The first-order valence-corrected chi connectivity index (χ1v) is 12.4. The Bertz CT molecular complexity index is 699. The summed E-state index contributed by atoms with van der Waals surface area (Å²) in [7, 11) is 0. The zero-order valence-corrected chi connectivity index (χ0v) is 19.3. The Hall–Kier alpha value is -1.22. The molecular weight excluding hydrogens is 394 g/mol. The number of amides is 2. The maximum absolute atomic E-state index is 13.4. The number of carbonyl (C=O) groups is 2. The number of piperidine rings is 1. The Balaban J connectivity index is 1.34. The van der Waals surface area contributed by atoms with E-state index in [1.165, 1.54) is 12.8 Å². The molecule has 1 aliphatic carbocycles. The van der Waals surface area contributed by atoms with Gasteiger partial charge in [0.2, 0.25) is 5.91 Å². The van der Waals surface area contributed by atoms with Crippen molar-refractivity contribution in [2.24, 2.45) is 11.8 Å². The molecule has 7 unspecified atom stereocenters. The second-order valence-electron chi connectivity index (χ2n) is 10.5. The van der Waals surface area contributed by atoms with Crippen LogP contribution in [0.4, 0.5) is 0 Å². The third-order valence-electron chi connectivity index (χ3n) is 8.65. The summed E-state index contributed by atoms with van der Waals surface area (Å²) in [4.78, 5) is 32.7. The minimum Gasteiger partial charge on any atom is -0.368 e. The fraction of sp³-hybridized carbons (Fsp3) is 0.913. The highest BCUT2D eigenvalue weighted by Crippen LogP contribution is 2.42. The number of ether oxygens (including phenoxy) is 1. The summed E-state index contributed by atoms with van der Waals surface area (Å²) in [6.45, 7) is 8.44. The zero-order chi connectivity index (χ0) is 21.7. The number of hydrogen-bond acceptors (Lipinski definition) is 6. The van der Waals surface area contributed by atoms with Gasteiger partial charge in [0, 0.05) is 32.7 Å². The Morgan fingerprint density at radius 3 is 2.48 bits per heavy atom. The average molecular weight is 434 g/mol. The molecule has 1 saturated carbocycles. The standard InChI is InChI=1S/C23H39N5O3/c1-14-12-27(23(30)21-5-4-10-31-21)20-11-17(6-8-19(20)28(14)16(3)29)18-7-9-22-25-24-15(2)26(22)13-18/h14-15,17-22,24-25H,4-13H2,1-3H3/t14-,15?,17?,18?,19?,20?,21?,22?/m0/s1. The lowest BCUT2D eigenvalue weighted by molar-refractivity contribution is -0.160. The summed E-state index contributed by atoms with van der Waals surface area (Å²) >= 11 is 0. The number of hydrazine groups is 1. The van der Waals surface area contributed by atoms with E-state index in [4.69, 9.17) is 4.74 Å². The molecule has 2 amide bonds. The fourth-order valence-corrected chi connectivity index (χ4v) is 7.13. The molecule has 5 aliphatic rings.